The number of hydrogen-bond acceptors (Lipinski definition) is 11. The van der Waals surface area contributed by atoms with E-state index in [0.29, 0.717) is 0 Å². The normalized spacial score (nSPS) is 30.9. The Hall–Kier alpha value is -2.51. The lowest BCUT2D eigenvalue weighted by atomic mass is 9.91. The fourth-order valence-corrected chi connectivity index (χ4v) is 4.29. The van der Waals surface area contributed by atoms with Gasteiger partial charge in [0, 0.05) is 39.8 Å². The molecule has 0 spiro atoms. The van der Waals surface area contributed by atoms with Crippen LogP contribution in [0, 0.1) is 0 Å². The van der Waals surface area contributed by atoms with Gasteiger partial charge >= 0.3 is 23.9 Å². The summed E-state index contributed by atoms with van der Waals surface area (Å²) in [4.78, 5) is 46.9. The quantitative estimate of drug-likeness (QED) is 0.238. The van der Waals surface area contributed by atoms with Crippen molar-refractivity contribution in [1.82, 2.24) is 10.6 Å². The molecule has 12 nitrogen and oxygen atoms in total. The van der Waals surface area contributed by atoms with Gasteiger partial charge in [0.05, 0.1) is 0 Å². The number of hydrogen-bond donors (Lipinski definition) is 3. The molecule has 0 aromatic rings. The maximum atomic E-state index is 11.9. The van der Waals surface area contributed by atoms with E-state index in [1.807, 2.05) is 0 Å². The molecular formula is C21H33N3O9S. The second kappa shape index (κ2) is 12.8. The van der Waals surface area contributed by atoms with Crippen LogP contribution in [-0.2, 0) is 42.9 Å². The topological polar surface area (TPSA) is 165 Å². The van der Waals surface area contributed by atoms with Crippen molar-refractivity contribution in [1.29, 1.82) is 0 Å². The van der Waals surface area contributed by atoms with Gasteiger partial charge in [-0.3, -0.25) is 19.2 Å². The zero-order chi connectivity index (χ0) is 25.4. The Balaban J connectivity index is 2.31. The smallest absolute Gasteiger partial charge is 0.303 e. The Morgan fingerprint density at radius 3 is 1.97 bits per heavy atom. The standard InChI is InChI=1S/C21H33N3O9S/c1-10(25)29-9-16-17(30-11(2)26)18(31-12(3)27)19(32-13(4)28)20(33-16)24-21(34)23-15-8-6-5-7-14(15)22/h14-20H,5-9,22H2,1-4H3,(H2,23,24,34)/t14-,15-,16?,17?,18?,19?,20?/m1/s1. The molecular weight excluding hydrogens is 470 g/mol. The van der Waals surface area contributed by atoms with Crippen LogP contribution in [0.1, 0.15) is 53.4 Å². The molecule has 1 saturated carbocycles. The Morgan fingerprint density at radius 2 is 1.41 bits per heavy atom. The first kappa shape index (κ1) is 27.7. The van der Waals surface area contributed by atoms with Crippen molar-refractivity contribution >= 4 is 41.2 Å². The fraction of sp³-hybridized carbons (Fsp3) is 0.762. The van der Waals surface area contributed by atoms with Gasteiger partial charge in [0.2, 0.25) is 0 Å². The molecule has 34 heavy (non-hydrogen) atoms. The molecule has 1 heterocycles. The molecule has 4 N–H and O–H groups in total. The summed E-state index contributed by atoms with van der Waals surface area (Å²) in [5, 5.41) is 6.26. The van der Waals surface area contributed by atoms with Crippen LogP contribution in [0.2, 0.25) is 0 Å². The van der Waals surface area contributed by atoms with E-state index in [-0.39, 0.29) is 23.8 Å². The minimum Gasteiger partial charge on any atom is -0.463 e. The van der Waals surface area contributed by atoms with E-state index in [2.05, 4.69) is 10.6 Å². The summed E-state index contributed by atoms with van der Waals surface area (Å²) in [6, 6.07) is -0.136. The maximum absolute atomic E-state index is 11.9. The number of esters is 4. The summed E-state index contributed by atoms with van der Waals surface area (Å²) >= 11 is 5.43. The van der Waals surface area contributed by atoms with Crippen molar-refractivity contribution in [3.63, 3.8) is 0 Å². The molecule has 1 aliphatic carbocycles. The number of nitrogens with one attached hydrogen (secondary N) is 2. The number of ether oxygens (including phenoxy) is 5. The number of carbonyl (C=O) groups is 4. The molecule has 0 radical (unpaired) electrons. The molecule has 2 fully saturated rings. The van der Waals surface area contributed by atoms with E-state index in [4.69, 9.17) is 41.6 Å². The van der Waals surface area contributed by atoms with Crippen LogP contribution in [0.3, 0.4) is 0 Å². The molecule has 0 amide bonds. The highest BCUT2D eigenvalue weighted by molar-refractivity contribution is 7.80. The SMILES string of the molecule is CC(=O)OCC1OC(NC(=S)N[C@@H]2CCCC[C@H]2N)C(OC(C)=O)C(OC(C)=O)C1OC(C)=O. The molecule has 0 bridgehead atoms. The molecule has 7 atom stereocenters. The Bertz CT molecular complexity index is 781. The lowest BCUT2D eigenvalue weighted by Gasteiger charge is -2.45. The Morgan fingerprint density at radius 1 is 0.853 bits per heavy atom. The van der Waals surface area contributed by atoms with E-state index in [1.165, 1.54) is 13.8 Å². The summed E-state index contributed by atoms with van der Waals surface area (Å²) in [7, 11) is 0. The largest absolute Gasteiger partial charge is 0.463 e. The summed E-state index contributed by atoms with van der Waals surface area (Å²) in [6.45, 7) is 4.38. The zero-order valence-electron chi connectivity index (χ0n) is 19.7. The van der Waals surface area contributed by atoms with Crippen LogP contribution in [-0.4, -0.2) is 78.3 Å². The van der Waals surface area contributed by atoms with Crippen molar-refractivity contribution in [2.75, 3.05) is 6.61 Å². The molecule has 2 rings (SSSR count). The molecule has 5 unspecified atom stereocenters. The lowest BCUT2D eigenvalue weighted by molar-refractivity contribution is -0.254. The van der Waals surface area contributed by atoms with Gasteiger partial charge in [-0.1, -0.05) is 12.8 Å². The molecule has 0 aromatic heterocycles. The third-order valence-electron chi connectivity index (χ3n) is 5.40. The minimum absolute atomic E-state index is 0.0561. The Labute approximate surface area is 203 Å². The van der Waals surface area contributed by atoms with Crippen molar-refractivity contribution in [3.05, 3.63) is 0 Å². The number of nitrogens with two attached hydrogens (primary N) is 1. The first-order chi connectivity index (χ1) is 16.0. The van der Waals surface area contributed by atoms with Crippen LogP contribution in [0.5, 0.6) is 0 Å². The van der Waals surface area contributed by atoms with Crippen LogP contribution >= 0.6 is 12.2 Å². The van der Waals surface area contributed by atoms with E-state index >= 15 is 0 Å². The molecule has 1 saturated heterocycles. The first-order valence-corrected chi connectivity index (χ1v) is 11.5. The van der Waals surface area contributed by atoms with Crippen molar-refractivity contribution in [3.8, 4) is 0 Å². The molecule has 13 heteroatoms. The summed E-state index contributed by atoms with van der Waals surface area (Å²) in [5.74, 6) is -2.69. The van der Waals surface area contributed by atoms with Gasteiger partial charge in [0.15, 0.2) is 29.7 Å². The lowest BCUT2D eigenvalue weighted by Crippen LogP contribution is -2.67. The van der Waals surface area contributed by atoms with E-state index in [1.54, 1.807) is 0 Å². The predicted octanol–water partition coefficient (Wildman–Crippen LogP) is -0.196. The van der Waals surface area contributed by atoms with Gasteiger partial charge in [-0.15, -0.1) is 0 Å². The summed E-state index contributed by atoms with van der Waals surface area (Å²) in [5.41, 5.74) is 6.18. The maximum Gasteiger partial charge on any atom is 0.303 e. The van der Waals surface area contributed by atoms with E-state index in [0.717, 1.165) is 39.5 Å². The monoisotopic (exact) mass is 503 g/mol. The Kier molecular flexibility index (Phi) is 10.5. The average molecular weight is 504 g/mol. The first-order valence-electron chi connectivity index (χ1n) is 11.1. The second-order valence-electron chi connectivity index (χ2n) is 8.29. The van der Waals surface area contributed by atoms with Gasteiger partial charge < -0.3 is 40.1 Å². The highest BCUT2D eigenvalue weighted by Crippen LogP contribution is 2.28. The summed E-state index contributed by atoms with van der Waals surface area (Å²) in [6.07, 6.45) is -2.17. The fourth-order valence-electron chi connectivity index (χ4n) is 4.02. The summed E-state index contributed by atoms with van der Waals surface area (Å²) < 4.78 is 27.2. The molecule has 0 aromatic carbocycles. The van der Waals surface area contributed by atoms with Gasteiger partial charge in [-0.2, -0.15) is 0 Å². The van der Waals surface area contributed by atoms with Gasteiger partial charge in [0.25, 0.3) is 0 Å². The van der Waals surface area contributed by atoms with Crippen LogP contribution < -0.4 is 16.4 Å². The third kappa shape index (κ3) is 8.37. The highest BCUT2D eigenvalue weighted by atomic mass is 32.1. The van der Waals surface area contributed by atoms with Gasteiger partial charge in [0.1, 0.15) is 12.7 Å². The van der Waals surface area contributed by atoms with Crippen LogP contribution in [0.25, 0.3) is 0 Å². The average Bonchev–Trinajstić information content (AvgIpc) is 2.71. The molecule has 2 aliphatic rings. The van der Waals surface area contributed by atoms with Crippen molar-refractivity contribution < 1.29 is 42.9 Å². The zero-order valence-corrected chi connectivity index (χ0v) is 20.6. The second-order valence-corrected chi connectivity index (χ2v) is 8.70. The predicted molar refractivity (Wildman–Crippen MR) is 121 cm³/mol. The van der Waals surface area contributed by atoms with Crippen LogP contribution in [0.4, 0.5) is 0 Å². The van der Waals surface area contributed by atoms with Gasteiger partial charge in [-0.05, 0) is 25.1 Å². The number of carbonyl (C=O) groups excluding carboxylic acids is 4. The van der Waals surface area contributed by atoms with Crippen LogP contribution in [0.15, 0.2) is 0 Å². The van der Waals surface area contributed by atoms with E-state index in [9.17, 15) is 19.2 Å². The van der Waals surface area contributed by atoms with Crippen molar-refractivity contribution in [2.24, 2.45) is 5.73 Å². The molecule has 192 valence electrons. The number of thiocarbonyl (C=S) groups is 1. The molecule has 1 aliphatic heterocycles. The third-order valence-corrected chi connectivity index (χ3v) is 5.64. The minimum atomic E-state index is -1.27. The number of rotatable bonds is 7. The van der Waals surface area contributed by atoms with E-state index < -0.39 is 54.5 Å². The van der Waals surface area contributed by atoms with Gasteiger partial charge in [-0.25, -0.2) is 0 Å². The van der Waals surface area contributed by atoms with Crippen molar-refractivity contribution in [2.45, 2.75) is 96.1 Å². The highest BCUT2D eigenvalue weighted by Gasteiger charge is 2.52.